The van der Waals surface area contributed by atoms with E-state index in [2.05, 4.69) is 22.3 Å². The van der Waals surface area contributed by atoms with E-state index in [0.29, 0.717) is 23.9 Å². The topological polar surface area (TPSA) is 98.6 Å². The lowest BCUT2D eigenvalue weighted by Gasteiger charge is -2.33. The quantitative estimate of drug-likeness (QED) is 0.520. The fourth-order valence-corrected chi connectivity index (χ4v) is 4.25. The summed E-state index contributed by atoms with van der Waals surface area (Å²) in [6, 6.07) is 13.3. The van der Waals surface area contributed by atoms with Gasteiger partial charge in [-0.15, -0.1) is 0 Å². The molecule has 2 heterocycles. The molecule has 1 atom stereocenters. The number of amides is 1. The number of rotatable bonds is 6. The number of hydrogen-bond acceptors (Lipinski definition) is 6. The van der Waals surface area contributed by atoms with E-state index in [4.69, 9.17) is 9.97 Å². The van der Waals surface area contributed by atoms with Gasteiger partial charge in [-0.2, -0.15) is 0 Å². The number of nitrogens with zero attached hydrogens (tertiary/aromatic N) is 3. The molecule has 2 aromatic carbocycles. The lowest BCUT2D eigenvalue weighted by atomic mass is 9.96. The van der Waals surface area contributed by atoms with Crippen LogP contribution in [0.4, 0.5) is 5.82 Å². The number of aliphatic hydroxyl groups excluding tert-OH is 1. The average molecular weight is 453 g/mol. The van der Waals surface area contributed by atoms with E-state index >= 15 is 0 Å². The largest absolute Gasteiger partial charge is 0.507 e. The van der Waals surface area contributed by atoms with Crippen LogP contribution in [0.2, 0.25) is 0 Å². The molecule has 178 valence electrons. The number of carbonyl (C=O) groups excluding carboxylic acids is 1. The maximum absolute atomic E-state index is 12.1. The zero-order valence-corrected chi connectivity index (χ0v) is 19.5. The standard InChI is InChI=1S/C26H32N4O3.2H2/c1-16(2)23(32)26(33)27-15-18-10-12-30(13-11-18)25-19-9-8-17(3)14-21(19)28-24(29-25)20-6-4-5-7-22(20)31;;/h4-9,14,16,18,23,31-32H,10-13,15H2,1-3H3,(H,27,33);2*1H/t23-;;/m1../s1. The van der Waals surface area contributed by atoms with Crippen molar-refractivity contribution >= 4 is 22.6 Å². The van der Waals surface area contributed by atoms with Crippen molar-refractivity contribution < 1.29 is 17.9 Å². The first-order valence-electron chi connectivity index (χ1n) is 11.6. The third-order valence-corrected chi connectivity index (χ3v) is 6.36. The molecule has 1 aromatic heterocycles. The number of para-hydroxylation sites is 1. The van der Waals surface area contributed by atoms with Crippen LogP contribution in [0.15, 0.2) is 42.5 Å². The Labute approximate surface area is 197 Å². The molecule has 1 amide bonds. The first kappa shape index (κ1) is 23.0. The van der Waals surface area contributed by atoms with Gasteiger partial charge in [0.2, 0.25) is 5.91 Å². The van der Waals surface area contributed by atoms with Crippen LogP contribution in [0.1, 0.15) is 35.1 Å². The molecule has 1 aliphatic heterocycles. The smallest absolute Gasteiger partial charge is 0.249 e. The molecule has 3 aromatic rings. The second kappa shape index (κ2) is 9.75. The maximum atomic E-state index is 12.1. The van der Waals surface area contributed by atoms with Crippen molar-refractivity contribution in [3.8, 4) is 17.1 Å². The number of aromatic nitrogens is 2. The summed E-state index contributed by atoms with van der Waals surface area (Å²) in [6.45, 7) is 7.90. The molecule has 7 nitrogen and oxygen atoms in total. The highest BCUT2D eigenvalue weighted by Crippen LogP contribution is 2.33. The SMILES string of the molecule is Cc1ccc2c(N3CCC(CNC(=O)[C@H](O)C(C)C)CC3)nc(-c3ccccc3O)nc2c1.[HH].[HH]. The zero-order valence-electron chi connectivity index (χ0n) is 19.5. The van der Waals surface area contributed by atoms with Crippen molar-refractivity contribution in [1.82, 2.24) is 15.3 Å². The van der Waals surface area contributed by atoms with E-state index in [-0.39, 0.29) is 20.4 Å². The predicted octanol–water partition coefficient (Wildman–Crippen LogP) is 4.15. The molecule has 3 N–H and O–H groups in total. The minimum absolute atomic E-state index is 0. The molecule has 1 fully saturated rings. The lowest BCUT2D eigenvalue weighted by Crippen LogP contribution is -2.43. The number of aromatic hydroxyl groups is 1. The van der Waals surface area contributed by atoms with E-state index in [1.165, 1.54) is 0 Å². The van der Waals surface area contributed by atoms with Crippen molar-refractivity contribution in [2.75, 3.05) is 24.5 Å². The number of hydrogen-bond donors (Lipinski definition) is 3. The number of nitrogens with one attached hydrogen (secondary N) is 1. The van der Waals surface area contributed by atoms with E-state index in [0.717, 1.165) is 48.2 Å². The number of carbonyl (C=O) groups is 1. The van der Waals surface area contributed by atoms with Gasteiger partial charge in [-0.3, -0.25) is 4.79 Å². The number of phenols is 1. The van der Waals surface area contributed by atoms with Crippen LogP contribution in [-0.2, 0) is 4.79 Å². The third kappa shape index (κ3) is 5.09. The lowest BCUT2D eigenvalue weighted by molar-refractivity contribution is -0.131. The van der Waals surface area contributed by atoms with Crippen LogP contribution in [0.3, 0.4) is 0 Å². The number of fused-ring (bicyclic) bond motifs is 1. The van der Waals surface area contributed by atoms with Crippen molar-refractivity contribution in [2.45, 2.75) is 39.7 Å². The number of anilines is 1. The molecule has 7 heteroatoms. The number of benzene rings is 2. The number of aryl methyl sites for hydroxylation is 1. The summed E-state index contributed by atoms with van der Waals surface area (Å²) in [6.07, 6.45) is 0.872. The van der Waals surface area contributed by atoms with Crippen molar-refractivity contribution in [3.05, 3.63) is 48.0 Å². The van der Waals surface area contributed by atoms with Gasteiger partial charge in [0.05, 0.1) is 11.1 Å². The number of aliphatic hydroxyl groups is 1. The van der Waals surface area contributed by atoms with Crippen molar-refractivity contribution in [1.29, 1.82) is 0 Å². The summed E-state index contributed by atoms with van der Waals surface area (Å²) >= 11 is 0. The molecule has 0 saturated carbocycles. The van der Waals surface area contributed by atoms with Crippen molar-refractivity contribution in [2.24, 2.45) is 11.8 Å². The summed E-state index contributed by atoms with van der Waals surface area (Å²) in [5.74, 6) is 1.51. The first-order valence-corrected chi connectivity index (χ1v) is 11.6. The molecule has 1 aliphatic rings. The normalized spacial score (nSPS) is 15.7. The molecule has 0 unspecified atom stereocenters. The Hall–Kier alpha value is -3.19. The second-order valence-electron chi connectivity index (χ2n) is 9.27. The maximum Gasteiger partial charge on any atom is 0.249 e. The van der Waals surface area contributed by atoms with Gasteiger partial charge in [0, 0.05) is 27.9 Å². The first-order chi connectivity index (χ1) is 15.8. The van der Waals surface area contributed by atoms with Crippen LogP contribution in [-0.4, -0.2) is 51.8 Å². The minimum atomic E-state index is -0.964. The van der Waals surface area contributed by atoms with Crippen LogP contribution in [0, 0.1) is 18.8 Å². The predicted molar refractivity (Wildman–Crippen MR) is 134 cm³/mol. The van der Waals surface area contributed by atoms with Crippen LogP contribution >= 0.6 is 0 Å². The number of piperidine rings is 1. The van der Waals surface area contributed by atoms with Gasteiger partial charge in [0.1, 0.15) is 17.7 Å². The van der Waals surface area contributed by atoms with Gasteiger partial charge < -0.3 is 20.4 Å². The summed E-state index contributed by atoms with van der Waals surface area (Å²) in [4.78, 5) is 24.0. The van der Waals surface area contributed by atoms with E-state index in [1.807, 2.05) is 39.0 Å². The van der Waals surface area contributed by atoms with Crippen LogP contribution in [0.5, 0.6) is 5.75 Å². The van der Waals surface area contributed by atoms with Gasteiger partial charge in [0.15, 0.2) is 5.82 Å². The molecule has 4 rings (SSSR count). The average Bonchev–Trinajstić information content (AvgIpc) is 2.81. The van der Waals surface area contributed by atoms with Crippen molar-refractivity contribution in [3.63, 3.8) is 0 Å². The highest BCUT2D eigenvalue weighted by Gasteiger charge is 2.25. The van der Waals surface area contributed by atoms with Gasteiger partial charge in [-0.25, -0.2) is 9.97 Å². The fourth-order valence-electron chi connectivity index (χ4n) is 4.25. The van der Waals surface area contributed by atoms with Gasteiger partial charge >= 0.3 is 0 Å². The Bertz CT molecular complexity index is 1150. The summed E-state index contributed by atoms with van der Waals surface area (Å²) in [5, 5.41) is 24.2. The minimum Gasteiger partial charge on any atom is -0.507 e. The molecule has 0 spiro atoms. The Morgan fingerprint density at radius 2 is 1.91 bits per heavy atom. The Morgan fingerprint density at radius 3 is 2.61 bits per heavy atom. The van der Waals surface area contributed by atoms with E-state index < -0.39 is 6.10 Å². The van der Waals surface area contributed by atoms with E-state index in [1.54, 1.807) is 12.1 Å². The number of phenolic OH excluding ortho intramolecular Hbond substituents is 1. The molecular weight excluding hydrogens is 416 g/mol. The van der Waals surface area contributed by atoms with Crippen LogP contribution < -0.4 is 10.2 Å². The molecule has 1 saturated heterocycles. The molecule has 0 radical (unpaired) electrons. The Kier molecular flexibility index (Phi) is 6.79. The molecule has 0 aliphatic carbocycles. The van der Waals surface area contributed by atoms with Gasteiger partial charge in [-0.1, -0.05) is 32.0 Å². The summed E-state index contributed by atoms with van der Waals surface area (Å²) in [7, 11) is 0. The Balaban J connectivity index is 0.00000216. The monoisotopic (exact) mass is 452 g/mol. The second-order valence-corrected chi connectivity index (χ2v) is 9.27. The van der Waals surface area contributed by atoms with Gasteiger partial charge in [-0.05, 0) is 61.4 Å². The Morgan fingerprint density at radius 1 is 1.18 bits per heavy atom. The highest BCUT2D eigenvalue weighted by molar-refractivity contribution is 5.92. The molecule has 0 bridgehead atoms. The highest BCUT2D eigenvalue weighted by atomic mass is 16.3. The zero-order chi connectivity index (χ0) is 23.5. The molecule has 33 heavy (non-hydrogen) atoms. The van der Waals surface area contributed by atoms with Gasteiger partial charge in [0.25, 0.3) is 0 Å². The van der Waals surface area contributed by atoms with E-state index in [9.17, 15) is 15.0 Å². The fraction of sp³-hybridized carbons (Fsp3) is 0.423. The molecular formula is C26H36N4O3. The van der Waals surface area contributed by atoms with Crippen LogP contribution in [0.25, 0.3) is 22.3 Å². The summed E-state index contributed by atoms with van der Waals surface area (Å²) < 4.78 is 0. The summed E-state index contributed by atoms with van der Waals surface area (Å²) in [5.41, 5.74) is 2.59. The third-order valence-electron chi connectivity index (χ3n) is 6.36.